The number of nitrogens with zero attached hydrogens (tertiary/aromatic N) is 2. The molecule has 1 saturated heterocycles. The summed E-state index contributed by atoms with van der Waals surface area (Å²) in [6.07, 6.45) is 6.52. The summed E-state index contributed by atoms with van der Waals surface area (Å²) in [5.41, 5.74) is 0.674. The van der Waals surface area contributed by atoms with Crippen LogP contribution in [0.5, 0.6) is 0 Å². The third-order valence-corrected chi connectivity index (χ3v) is 3.82. The summed E-state index contributed by atoms with van der Waals surface area (Å²) >= 11 is 6.50. The van der Waals surface area contributed by atoms with Crippen molar-refractivity contribution in [3.8, 4) is 0 Å². The van der Waals surface area contributed by atoms with Crippen LogP contribution in [0.1, 0.15) is 5.76 Å². The number of amides is 1. The molecule has 1 fully saturated rings. The van der Waals surface area contributed by atoms with Crippen LogP contribution in [0, 0.1) is 0 Å². The van der Waals surface area contributed by atoms with Crippen molar-refractivity contribution < 1.29 is 9.21 Å². The van der Waals surface area contributed by atoms with Gasteiger partial charge in [0.1, 0.15) is 5.76 Å². The smallest absolute Gasteiger partial charge is 0.270 e. The lowest BCUT2D eigenvalue weighted by molar-refractivity contribution is -0.113. The zero-order chi connectivity index (χ0) is 13.2. The monoisotopic (exact) mass is 288 g/mol. The maximum absolute atomic E-state index is 12.3. The number of thiocarbonyl (C=S) groups is 1. The van der Waals surface area contributed by atoms with Gasteiger partial charge in [0.2, 0.25) is 0 Å². The van der Waals surface area contributed by atoms with E-state index in [9.17, 15) is 4.79 Å². The molecule has 19 heavy (non-hydrogen) atoms. The molecule has 0 saturated carbocycles. The van der Waals surface area contributed by atoms with Gasteiger partial charge >= 0.3 is 0 Å². The Morgan fingerprint density at radius 2 is 2.26 bits per heavy atom. The molecule has 0 spiro atoms. The molecule has 6 heteroatoms. The quantitative estimate of drug-likeness (QED) is 0.628. The summed E-state index contributed by atoms with van der Waals surface area (Å²) in [6.45, 7) is 0. The molecule has 94 valence electrons. The van der Waals surface area contributed by atoms with Gasteiger partial charge in [-0.3, -0.25) is 14.7 Å². The minimum atomic E-state index is -0.153. The first-order chi connectivity index (χ1) is 9.25. The van der Waals surface area contributed by atoms with Gasteiger partial charge in [0.25, 0.3) is 5.91 Å². The molecule has 0 bridgehead atoms. The van der Waals surface area contributed by atoms with E-state index in [1.807, 2.05) is 0 Å². The lowest BCUT2D eigenvalue weighted by Gasteiger charge is -2.13. The Bertz CT molecular complexity index is 651. The van der Waals surface area contributed by atoms with Gasteiger partial charge in [-0.05, 0) is 24.3 Å². The van der Waals surface area contributed by atoms with Gasteiger partial charge in [-0.15, -0.1) is 0 Å². The maximum atomic E-state index is 12.3. The van der Waals surface area contributed by atoms with Gasteiger partial charge < -0.3 is 4.42 Å². The Balaban J connectivity index is 1.94. The molecule has 0 aliphatic carbocycles. The van der Waals surface area contributed by atoms with Crippen molar-refractivity contribution in [3.05, 3.63) is 53.6 Å². The Hall–Kier alpha value is -1.92. The normalized spacial score (nSPS) is 17.5. The fourth-order valence-electron chi connectivity index (χ4n) is 1.68. The van der Waals surface area contributed by atoms with E-state index in [1.165, 1.54) is 16.7 Å². The van der Waals surface area contributed by atoms with Crippen LogP contribution in [0.3, 0.4) is 0 Å². The van der Waals surface area contributed by atoms with Crippen LogP contribution in [0.25, 0.3) is 6.08 Å². The van der Waals surface area contributed by atoms with Gasteiger partial charge in [-0.25, -0.2) is 0 Å². The number of carbonyl (C=O) groups excluding carboxylic acids is 1. The minimum absolute atomic E-state index is 0.153. The van der Waals surface area contributed by atoms with Gasteiger partial charge in [-0.1, -0.05) is 24.0 Å². The molecule has 3 heterocycles. The van der Waals surface area contributed by atoms with E-state index in [2.05, 4.69) is 4.98 Å². The van der Waals surface area contributed by atoms with Crippen molar-refractivity contribution in [1.82, 2.24) is 4.98 Å². The predicted molar refractivity (Wildman–Crippen MR) is 78.6 cm³/mol. The van der Waals surface area contributed by atoms with E-state index in [4.69, 9.17) is 16.6 Å². The molecular formula is C13H8N2O2S2. The molecule has 1 aliphatic heterocycles. The van der Waals surface area contributed by atoms with Crippen LogP contribution < -0.4 is 4.90 Å². The lowest BCUT2D eigenvalue weighted by atomic mass is 10.3. The molecule has 1 amide bonds. The second-order valence-corrected chi connectivity index (χ2v) is 5.42. The van der Waals surface area contributed by atoms with Gasteiger partial charge in [0.05, 0.1) is 23.1 Å². The Morgan fingerprint density at radius 1 is 1.37 bits per heavy atom. The molecule has 0 radical (unpaired) electrons. The average molecular weight is 288 g/mol. The van der Waals surface area contributed by atoms with Gasteiger partial charge in [0.15, 0.2) is 4.32 Å². The summed E-state index contributed by atoms with van der Waals surface area (Å²) in [4.78, 5) is 18.3. The summed E-state index contributed by atoms with van der Waals surface area (Å²) in [6, 6.07) is 7.13. The van der Waals surface area contributed by atoms with Crippen molar-refractivity contribution in [3.63, 3.8) is 0 Å². The third kappa shape index (κ3) is 2.32. The summed E-state index contributed by atoms with van der Waals surface area (Å²) in [5.74, 6) is 0.478. The average Bonchev–Trinajstić information content (AvgIpc) is 3.01. The minimum Gasteiger partial charge on any atom is -0.465 e. The zero-order valence-electron chi connectivity index (χ0n) is 9.65. The van der Waals surface area contributed by atoms with Crippen LogP contribution in [-0.4, -0.2) is 15.2 Å². The first kappa shape index (κ1) is 12.1. The van der Waals surface area contributed by atoms with Gasteiger partial charge in [0, 0.05) is 12.3 Å². The maximum Gasteiger partial charge on any atom is 0.270 e. The molecular weight excluding hydrogens is 280 g/mol. The molecule has 3 rings (SSSR count). The Morgan fingerprint density at radius 3 is 2.95 bits per heavy atom. The number of hydrogen-bond donors (Lipinski definition) is 0. The highest BCUT2D eigenvalue weighted by molar-refractivity contribution is 8.27. The van der Waals surface area contributed by atoms with Gasteiger partial charge in [-0.2, -0.15) is 0 Å². The van der Waals surface area contributed by atoms with Crippen LogP contribution in [0.15, 0.2) is 52.2 Å². The lowest BCUT2D eigenvalue weighted by Crippen LogP contribution is -2.27. The van der Waals surface area contributed by atoms with Crippen molar-refractivity contribution in [2.75, 3.05) is 4.90 Å². The summed E-state index contributed by atoms with van der Waals surface area (Å²) in [7, 11) is 0. The molecule has 4 nitrogen and oxygen atoms in total. The first-order valence-corrected chi connectivity index (χ1v) is 6.69. The molecule has 1 aliphatic rings. The molecule has 2 aromatic rings. The number of anilines is 1. The second kappa shape index (κ2) is 4.99. The number of pyridine rings is 1. The van der Waals surface area contributed by atoms with Crippen molar-refractivity contribution >= 4 is 46.0 Å². The largest absolute Gasteiger partial charge is 0.465 e. The molecule has 2 aromatic heterocycles. The molecule has 0 N–H and O–H groups in total. The number of rotatable bonds is 2. The number of carbonyl (C=O) groups is 1. The highest BCUT2D eigenvalue weighted by Crippen LogP contribution is 2.35. The van der Waals surface area contributed by atoms with Crippen molar-refractivity contribution in [1.29, 1.82) is 0 Å². The topological polar surface area (TPSA) is 46.3 Å². The predicted octanol–water partition coefficient (Wildman–Crippen LogP) is 3.08. The summed E-state index contributed by atoms with van der Waals surface area (Å²) < 4.78 is 5.70. The standard InChI is InChI=1S/C13H8N2O2S2/c16-12-11(7-10-4-2-6-17-10)19-13(18)15(12)9-3-1-5-14-8-9/h1-8H/b11-7+. The van der Waals surface area contributed by atoms with E-state index >= 15 is 0 Å². The third-order valence-electron chi connectivity index (χ3n) is 2.51. The Labute approximate surface area is 119 Å². The van der Waals surface area contributed by atoms with Crippen LogP contribution >= 0.6 is 24.0 Å². The second-order valence-electron chi connectivity index (χ2n) is 3.74. The van der Waals surface area contributed by atoms with E-state index < -0.39 is 0 Å². The van der Waals surface area contributed by atoms with Crippen LogP contribution in [0.2, 0.25) is 0 Å². The van der Waals surface area contributed by atoms with Crippen LogP contribution in [-0.2, 0) is 4.79 Å². The van der Waals surface area contributed by atoms with Crippen LogP contribution in [0.4, 0.5) is 5.69 Å². The van der Waals surface area contributed by atoms with E-state index in [0.717, 1.165) is 0 Å². The zero-order valence-corrected chi connectivity index (χ0v) is 11.3. The molecule has 0 atom stereocenters. The molecule has 0 unspecified atom stereocenters. The van der Waals surface area contributed by atoms with E-state index in [1.54, 1.807) is 49.0 Å². The van der Waals surface area contributed by atoms with Crippen molar-refractivity contribution in [2.45, 2.75) is 0 Å². The number of furan rings is 1. The number of hydrogen-bond acceptors (Lipinski definition) is 5. The SMILES string of the molecule is O=C1/C(=C\c2ccco2)SC(=S)N1c1cccnc1. The number of thioether (sulfide) groups is 1. The fourth-order valence-corrected chi connectivity index (χ4v) is 2.96. The summed E-state index contributed by atoms with van der Waals surface area (Å²) in [5, 5.41) is 0. The Kier molecular flexibility index (Phi) is 3.18. The van der Waals surface area contributed by atoms with Crippen molar-refractivity contribution in [2.24, 2.45) is 0 Å². The highest BCUT2D eigenvalue weighted by atomic mass is 32.2. The number of aromatic nitrogens is 1. The van der Waals surface area contributed by atoms with E-state index in [0.29, 0.717) is 20.7 Å². The molecule has 0 aromatic carbocycles. The fraction of sp³-hybridized carbons (Fsp3) is 0. The first-order valence-electron chi connectivity index (χ1n) is 5.47. The van der Waals surface area contributed by atoms with E-state index in [-0.39, 0.29) is 5.91 Å². The highest BCUT2D eigenvalue weighted by Gasteiger charge is 2.33.